The molecule has 0 aliphatic heterocycles. The van der Waals surface area contributed by atoms with Gasteiger partial charge < -0.3 is 5.73 Å². The van der Waals surface area contributed by atoms with Crippen molar-refractivity contribution in [3.8, 4) is 0 Å². The molecule has 0 amide bonds. The maximum atomic E-state index is 5.65. The van der Waals surface area contributed by atoms with Crippen molar-refractivity contribution >= 4 is 6.21 Å². The van der Waals surface area contributed by atoms with Gasteiger partial charge in [-0.15, -0.1) is 0 Å². The fraction of sp³-hybridized carbons (Fsp3) is 0.421. The average Bonchev–Trinajstić information content (AvgIpc) is 2.54. The second kappa shape index (κ2) is 9.96. The largest absolute Gasteiger partial charge is 0.330 e. The van der Waals surface area contributed by atoms with Crippen LogP contribution in [0.5, 0.6) is 0 Å². The Bertz CT molecular complexity index is 524. The van der Waals surface area contributed by atoms with Crippen molar-refractivity contribution in [1.82, 2.24) is 5.01 Å². The molecule has 0 aromatic heterocycles. The summed E-state index contributed by atoms with van der Waals surface area (Å²) in [5.74, 6) is 0. The summed E-state index contributed by atoms with van der Waals surface area (Å²) in [4.78, 5) is 0. The molecule has 0 saturated heterocycles. The highest BCUT2D eigenvalue weighted by molar-refractivity contribution is 5.77. The predicted octanol–water partition coefficient (Wildman–Crippen LogP) is 4.39. The third kappa shape index (κ3) is 6.27. The molecule has 0 atom stereocenters. The summed E-state index contributed by atoms with van der Waals surface area (Å²) in [5, 5.41) is 6.74. The monoisotopic (exact) mass is 299 g/mol. The number of rotatable bonds is 8. The maximum absolute atomic E-state index is 5.65. The molecule has 0 unspecified atom stereocenters. The average molecular weight is 299 g/mol. The van der Waals surface area contributed by atoms with E-state index in [9.17, 15) is 0 Å². The minimum atomic E-state index is 0.702. The first-order valence-electron chi connectivity index (χ1n) is 7.96. The Morgan fingerprint density at radius 3 is 2.41 bits per heavy atom. The van der Waals surface area contributed by atoms with Crippen LogP contribution in [0.2, 0.25) is 0 Å². The topological polar surface area (TPSA) is 41.6 Å². The molecule has 0 fully saturated rings. The molecule has 0 spiro atoms. The Balaban J connectivity index is 2.94. The molecule has 2 N–H and O–H groups in total. The fourth-order valence-electron chi connectivity index (χ4n) is 2.02. The van der Waals surface area contributed by atoms with Gasteiger partial charge in [-0.25, -0.2) is 0 Å². The van der Waals surface area contributed by atoms with Crippen LogP contribution in [-0.4, -0.2) is 17.8 Å². The summed E-state index contributed by atoms with van der Waals surface area (Å²) in [6, 6.07) is 8.61. The Morgan fingerprint density at radius 1 is 1.18 bits per heavy atom. The van der Waals surface area contributed by atoms with Crippen LogP contribution < -0.4 is 5.73 Å². The summed E-state index contributed by atoms with van der Waals surface area (Å²) in [7, 11) is 0. The highest BCUT2D eigenvalue weighted by atomic mass is 15.5. The zero-order valence-corrected chi connectivity index (χ0v) is 14.3. The van der Waals surface area contributed by atoms with Gasteiger partial charge in [0.2, 0.25) is 0 Å². The number of hydrazone groups is 1. The van der Waals surface area contributed by atoms with Crippen LogP contribution in [0.25, 0.3) is 0 Å². The van der Waals surface area contributed by atoms with E-state index in [4.69, 9.17) is 5.73 Å². The van der Waals surface area contributed by atoms with Crippen LogP contribution in [0, 0.1) is 6.92 Å². The van der Waals surface area contributed by atoms with Gasteiger partial charge in [-0.05, 0) is 58.2 Å². The minimum absolute atomic E-state index is 0.702. The van der Waals surface area contributed by atoms with Gasteiger partial charge in [0, 0.05) is 5.70 Å². The van der Waals surface area contributed by atoms with E-state index in [1.807, 2.05) is 13.1 Å². The molecule has 3 heteroatoms. The number of hydrogen-bond donors (Lipinski definition) is 1. The van der Waals surface area contributed by atoms with E-state index < -0.39 is 0 Å². The number of benzene rings is 1. The van der Waals surface area contributed by atoms with E-state index in [0.29, 0.717) is 6.54 Å². The van der Waals surface area contributed by atoms with Gasteiger partial charge in [-0.2, -0.15) is 5.10 Å². The van der Waals surface area contributed by atoms with Crippen LogP contribution in [0.4, 0.5) is 0 Å². The van der Waals surface area contributed by atoms with E-state index in [1.165, 1.54) is 16.8 Å². The van der Waals surface area contributed by atoms with Crippen LogP contribution >= 0.6 is 0 Å². The van der Waals surface area contributed by atoms with Crippen molar-refractivity contribution in [2.45, 2.75) is 47.1 Å². The van der Waals surface area contributed by atoms with Crippen molar-refractivity contribution in [1.29, 1.82) is 0 Å². The quantitative estimate of drug-likeness (QED) is 0.571. The highest BCUT2D eigenvalue weighted by Crippen LogP contribution is 2.17. The molecular weight excluding hydrogens is 270 g/mol. The predicted molar refractivity (Wildman–Crippen MR) is 96.7 cm³/mol. The molecule has 0 radical (unpaired) electrons. The third-order valence-electron chi connectivity index (χ3n) is 3.61. The molecule has 0 bridgehead atoms. The highest BCUT2D eigenvalue weighted by Gasteiger charge is 2.08. The number of hydrogen-bond acceptors (Lipinski definition) is 3. The molecule has 0 heterocycles. The number of nitrogens with zero attached hydrogens (tertiary/aromatic N) is 2. The zero-order valence-electron chi connectivity index (χ0n) is 14.3. The van der Waals surface area contributed by atoms with Gasteiger partial charge in [-0.1, -0.05) is 42.0 Å². The summed E-state index contributed by atoms with van der Waals surface area (Å²) in [6.45, 7) is 9.73. The first-order valence-corrected chi connectivity index (χ1v) is 7.96. The molecule has 1 rings (SSSR count). The molecule has 1 aromatic carbocycles. The first kappa shape index (κ1) is 18.2. The molecule has 0 aliphatic rings. The van der Waals surface area contributed by atoms with Gasteiger partial charge in [0.1, 0.15) is 0 Å². The van der Waals surface area contributed by atoms with Crippen molar-refractivity contribution < 1.29 is 0 Å². The lowest BCUT2D eigenvalue weighted by molar-refractivity contribution is 0.342. The van der Waals surface area contributed by atoms with Crippen molar-refractivity contribution in [2.75, 3.05) is 6.54 Å². The lowest BCUT2D eigenvalue weighted by atomic mass is 10.1. The third-order valence-corrected chi connectivity index (χ3v) is 3.61. The smallest absolute Gasteiger partial charge is 0.0662 e. The van der Waals surface area contributed by atoms with Crippen molar-refractivity contribution in [2.24, 2.45) is 10.8 Å². The summed E-state index contributed by atoms with van der Waals surface area (Å²) in [6.07, 6.45) is 8.03. The van der Waals surface area contributed by atoms with Gasteiger partial charge >= 0.3 is 0 Å². The van der Waals surface area contributed by atoms with E-state index in [1.54, 1.807) is 0 Å². The van der Waals surface area contributed by atoms with E-state index in [0.717, 1.165) is 25.0 Å². The Hall–Kier alpha value is -1.87. The second-order valence-corrected chi connectivity index (χ2v) is 5.49. The summed E-state index contributed by atoms with van der Waals surface area (Å²) < 4.78 is 0. The lowest BCUT2D eigenvalue weighted by Gasteiger charge is -2.22. The molecule has 1 aromatic rings. The normalized spacial score (nSPS) is 13.0. The second-order valence-electron chi connectivity index (χ2n) is 5.49. The lowest BCUT2D eigenvalue weighted by Crippen LogP contribution is -2.18. The molecule has 0 aliphatic carbocycles. The minimum Gasteiger partial charge on any atom is -0.330 e. The van der Waals surface area contributed by atoms with Gasteiger partial charge in [-0.3, -0.25) is 5.01 Å². The first-order chi connectivity index (χ1) is 10.6. The van der Waals surface area contributed by atoms with Crippen LogP contribution in [0.15, 0.2) is 52.8 Å². The molecule has 22 heavy (non-hydrogen) atoms. The molecule has 120 valence electrons. The summed E-state index contributed by atoms with van der Waals surface area (Å²) in [5.41, 5.74) is 10.6. The zero-order chi connectivity index (χ0) is 16.4. The number of aryl methyl sites for hydroxylation is 1. The van der Waals surface area contributed by atoms with Gasteiger partial charge in [0.25, 0.3) is 0 Å². The van der Waals surface area contributed by atoms with Crippen LogP contribution in [0.1, 0.15) is 44.7 Å². The maximum Gasteiger partial charge on any atom is 0.0662 e. The number of allylic oxidation sites excluding steroid dienone is 4. The standard InChI is InChI=1S/C19H29N3/c1-5-16(3)14-21-22(19(6-2)8-7-13-20)15-18-11-9-17(4)10-12-18/h5-6,9-12,14H,7-8,13,15,20H2,1-4H3/b16-5+,19-6+,21-14+. The molecule has 0 saturated carbocycles. The van der Waals surface area contributed by atoms with E-state index in [-0.39, 0.29) is 0 Å². The van der Waals surface area contributed by atoms with Gasteiger partial charge in [0.05, 0.1) is 12.8 Å². The Labute approximate surface area is 135 Å². The van der Waals surface area contributed by atoms with Crippen LogP contribution in [-0.2, 0) is 6.54 Å². The van der Waals surface area contributed by atoms with E-state index >= 15 is 0 Å². The molecular formula is C19H29N3. The van der Waals surface area contributed by atoms with Crippen molar-refractivity contribution in [3.63, 3.8) is 0 Å². The number of nitrogens with two attached hydrogens (primary N) is 1. The Kier molecular flexibility index (Phi) is 8.23. The van der Waals surface area contributed by atoms with Crippen molar-refractivity contribution in [3.05, 3.63) is 58.8 Å². The fourth-order valence-corrected chi connectivity index (χ4v) is 2.02. The Morgan fingerprint density at radius 2 is 1.86 bits per heavy atom. The van der Waals surface area contributed by atoms with Crippen LogP contribution in [0.3, 0.4) is 0 Å². The molecule has 3 nitrogen and oxygen atoms in total. The van der Waals surface area contributed by atoms with E-state index in [2.05, 4.69) is 67.3 Å². The summed E-state index contributed by atoms with van der Waals surface area (Å²) >= 11 is 0. The van der Waals surface area contributed by atoms with Gasteiger partial charge in [0.15, 0.2) is 0 Å². The SMILES string of the molecule is C/C=C(C)/C=N/N(Cc1ccc(C)cc1)/C(=C/C)CCCN.